The first-order valence-corrected chi connectivity index (χ1v) is 12.3. The summed E-state index contributed by atoms with van der Waals surface area (Å²) in [6.45, 7) is 1.56. The topological polar surface area (TPSA) is 54.5 Å². The number of Topliss-reactive ketones (excluding diaryl/α,β-unsaturated/α-hetero) is 1. The highest BCUT2D eigenvalue weighted by molar-refractivity contribution is 6.26. The molecule has 1 saturated heterocycles. The van der Waals surface area contributed by atoms with Crippen molar-refractivity contribution in [2.45, 2.75) is 18.3 Å². The number of rotatable bonds is 3. The maximum Gasteiger partial charge on any atom is 0.239 e. The standard InChI is InChI=1S/C32H23NO3/c1-19(34)32-24-16-8-5-14-22(24)27(23-15-6-9-17-25(23)32)28-29(32)31(36)33(30(28)35)26-18-10-7-13-21(26)20-11-3-2-4-12-20/h2-18,27-29H,1H3/t27?,28-,29-,32?/m1/s1. The molecule has 0 N–H and O–H groups in total. The van der Waals surface area contributed by atoms with E-state index in [1.807, 2.05) is 103 Å². The third-order valence-electron chi connectivity index (χ3n) is 8.40. The maximum absolute atomic E-state index is 14.4. The summed E-state index contributed by atoms with van der Waals surface area (Å²) < 4.78 is 0. The molecule has 0 aromatic heterocycles. The molecule has 0 spiro atoms. The summed E-state index contributed by atoms with van der Waals surface area (Å²) >= 11 is 0. The molecule has 2 bridgehead atoms. The van der Waals surface area contributed by atoms with Crippen molar-refractivity contribution in [1.82, 2.24) is 0 Å². The number of hydrogen-bond donors (Lipinski definition) is 0. The average molecular weight is 470 g/mol. The Morgan fingerprint density at radius 2 is 1.25 bits per heavy atom. The number of imide groups is 1. The first-order chi connectivity index (χ1) is 17.6. The van der Waals surface area contributed by atoms with E-state index in [0.29, 0.717) is 5.69 Å². The molecule has 3 aliphatic carbocycles. The summed E-state index contributed by atoms with van der Waals surface area (Å²) in [6.07, 6.45) is 0. The van der Waals surface area contributed by atoms with Crippen LogP contribution in [0.15, 0.2) is 103 Å². The molecule has 2 amide bonds. The van der Waals surface area contributed by atoms with Gasteiger partial charge in [0.2, 0.25) is 11.8 Å². The van der Waals surface area contributed by atoms with Crippen LogP contribution in [0.4, 0.5) is 5.69 Å². The van der Waals surface area contributed by atoms with Gasteiger partial charge in [0.15, 0.2) is 0 Å². The van der Waals surface area contributed by atoms with E-state index >= 15 is 0 Å². The van der Waals surface area contributed by atoms with Crippen molar-refractivity contribution < 1.29 is 14.4 Å². The Morgan fingerprint density at radius 1 is 0.694 bits per heavy atom. The lowest BCUT2D eigenvalue weighted by atomic mass is 9.46. The minimum atomic E-state index is -1.18. The van der Waals surface area contributed by atoms with E-state index in [-0.39, 0.29) is 23.5 Å². The monoisotopic (exact) mass is 469 g/mol. The number of para-hydroxylation sites is 1. The number of ketones is 1. The van der Waals surface area contributed by atoms with E-state index in [9.17, 15) is 14.4 Å². The number of benzene rings is 4. The van der Waals surface area contributed by atoms with Crippen LogP contribution in [0.25, 0.3) is 11.1 Å². The van der Waals surface area contributed by atoms with Gasteiger partial charge in [-0.25, -0.2) is 4.90 Å². The largest absolute Gasteiger partial charge is 0.299 e. The molecular formula is C32H23NO3. The Bertz CT molecular complexity index is 1540. The molecule has 1 heterocycles. The third-order valence-corrected chi connectivity index (χ3v) is 8.40. The van der Waals surface area contributed by atoms with Crippen molar-refractivity contribution in [3.05, 3.63) is 125 Å². The van der Waals surface area contributed by atoms with Crippen LogP contribution in [0.5, 0.6) is 0 Å². The van der Waals surface area contributed by atoms with Gasteiger partial charge in [-0.1, -0.05) is 97.1 Å². The van der Waals surface area contributed by atoms with Gasteiger partial charge in [0.05, 0.1) is 22.9 Å². The summed E-state index contributed by atoms with van der Waals surface area (Å²) in [5.74, 6) is -2.30. The van der Waals surface area contributed by atoms with Gasteiger partial charge in [-0.3, -0.25) is 14.4 Å². The predicted molar refractivity (Wildman–Crippen MR) is 138 cm³/mol. The molecule has 2 atom stereocenters. The number of hydrogen-bond acceptors (Lipinski definition) is 3. The highest BCUT2D eigenvalue weighted by Gasteiger charge is 2.70. The molecule has 4 aromatic rings. The number of anilines is 1. The molecule has 1 fully saturated rings. The summed E-state index contributed by atoms with van der Waals surface area (Å²) in [4.78, 5) is 43.8. The molecule has 174 valence electrons. The lowest BCUT2D eigenvalue weighted by Crippen LogP contribution is -2.57. The van der Waals surface area contributed by atoms with Gasteiger partial charge < -0.3 is 0 Å². The second-order valence-electron chi connectivity index (χ2n) is 9.91. The van der Waals surface area contributed by atoms with E-state index in [4.69, 9.17) is 0 Å². The Labute approximate surface area is 209 Å². The van der Waals surface area contributed by atoms with Gasteiger partial charge in [0, 0.05) is 11.5 Å². The van der Waals surface area contributed by atoms with Crippen molar-refractivity contribution >= 4 is 23.3 Å². The van der Waals surface area contributed by atoms with E-state index in [1.54, 1.807) is 6.92 Å². The Morgan fingerprint density at radius 3 is 1.89 bits per heavy atom. The lowest BCUT2D eigenvalue weighted by molar-refractivity contribution is -0.132. The lowest BCUT2D eigenvalue weighted by Gasteiger charge is -2.52. The minimum Gasteiger partial charge on any atom is -0.299 e. The van der Waals surface area contributed by atoms with Crippen molar-refractivity contribution in [3.8, 4) is 11.1 Å². The van der Waals surface area contributed by atoms with Gasteiger partial charge in [-0.2, -0.15) is 0 Å². The second-order valence-corrected chi connectivity index (χ2v) is 9.91. The highest BCUT2D eigenvalue weighted by Crippen LogP contribution is 2.64. The van der Waals surface area contributed by atoms with Gasteiger partial charge in [0.1, 0.15) is 5.78 Å². The Hall–Kier alpha value is -4.31. The molecular weight excluding hydrogens is 446 g/mol. The van der Waals surface area contributed by atoms with Crippen LogP contribution in [-0.2, 0) is 19.8 Å². The summed E-state index contributed by atoms with van der Waals surface area (Å²) in [6, 6.07) is 33.0. The zero-order chi connectivity index (χ0) is 24.6. The molecule has 0 saturated carbocycles. The normalized spacial score (nSPS) is 25.4. The summed E-state index contributed by atoms with van der Waals surface area (Å²) in [7, 11) is 0. The molecule has 0 unspecified atom stereocenters. The fourth-order valence-corrected chi connectivity index (χ4v) is 7.14. The number of carbonyl (C=O) groups is 3. The van der Waals surface area contributed by atoms with Gasteiger partial charge in [-0.05, 0) is 40.8 Å². The first-order valence-electron chi connectivity index (χ1n) is 12.3. The van der Waals surface area contributed by atoms with Crippen molar-refractivity contribution in [3.63, 3.8) is 0 Å². The van der Waals surface area contributed by atoms with Gasteiger partial charge in [0.25, 0.3) is 0 Å². The Kier molecular flexibility index (Phi) is 4.29. The number of amides is 2. The van der Waals surface area contributed by atoms with Crippen LogP contribution in [0.3, 0.4) is 0 Å². The van der Waals surface area contributed by atoms with Crippen LogP contribution in [0, 0.1) is 11.8 Å². The fourth-order valence-electron chi connectivity index (χ4n) is 7.14. The van der Waals surface area contributed by atoms with E-state index < -0.39 is 17.3 Å². The summed E-state index contributed by atoms with van der Waals surface area (Å²) in [5, 5.41) is 0. The molecule has 1 aliphatic heterocycles. The first kappa shape index (κ1) is 21.0. The van der Waals surface area contributed by atoms with Crippen molar-refractivity contribution in [2.75, 3.05) is 4.90 Å². The van der Waals surface area contributed by atoms with Crippen LogP contribution in [0.2, 0.25) is 0 Å². The van der Waals surface area contributed by atoms with Gasteiger partial charge in [-0.15, -0.1) is 0 Å². The zero-order valence-corrected chi connectivity index (χ0v) is 19.7. The molecule has 36 heavy (non-hydrogen) atoms. The van der Waals surface area contributed by atoms with Gasteiger partial charge >= 0.3 is 0 Å². The molecule has 8 rings (SSSR count). The molecule has 4 heteroatoms. The minimum absolute atomic E-state index is 0.102. The molecule has 4 nitrogen and oxygen atoms in total. The van der Waals surface area contributed by atoms with Crippen LogP contribution in [-0.4, -0.2) is 17.6 Å². The SMILES string of the molecule is CC(=O)C12c3ccccc3C(c3ccccc31)[C@H]1C(=O)N(c3ccccc3-c3ccccc3)C(=O)[C@@H]12. The van der Waals surface area contributed by atoms with Crippen molar-refractivity contribution in [1.29, 1.82) is 0 Å². The predicted octanol–water partition coefficient (Wildman–Crippen LogP) is 5.49. The highest BCUT2D eigenvalue weighted by atomic mass is 16.2. The quantitative estimate of drug-likeness (QED) is 0.373. The van der Waals surface area contributed by atoms with E-state index in [1.165, 1.54) is 4.90 Å². The van der Waals surface area contributed by atoms with Crippen molar-refractivity contribution in [2.24, 2.45) is 11.8 Å². The summed E-state index contributed by atoms with van der Waals surface area (Å²) in [5.41, 5.74) is 4.81. The number of nitrogens with zero attached hydrogens (tertiary/aromatic N) is 1. The van der Waals surface area contributed by atoms with Crippen LogP contribution >= 0.6 is 0 Å². The number of carbonyl (C=O) groups excluding carboxylic acids is 3. The smallest absolute Gasteiger partial charge is 0.239 e. The molecule has 0 radical (unpaired) electrons. The Balaban J connectivity index is 1.50. The molecule has 4 aromatic carbocycles. The third kappa shape index (κ3) is 2.41. The van der Waals surface area contributed by atoms with Crippen LogP contribution < -0.4 is 4.90 Å². The van der Waals surface area contributed by atoms with E-state index in [2.05, 4.69) is 0 Å². The van der Waals surface area contributed by atoms with Crippen LogP contribution in [0.1, 0.15) is 35.1 Å². The average Bonchev–Trinajstić information content (AvgIpc) is 3.19. The molecule has 4 aliphatic rings. The zero-order valence-electron chi connectivity index (χ0n) is 19.7. The maximum atomic E-state index is 14.4. The fraction of sp³-hybridized carbons (Fsp3) is 0.156. The second kappa shape index (κ2) is 7.34. The van der Waals surface area contributed by atoms with E-state index in [0.717, 1.165) is 33.4 Å².